The van der Waals surface area contributed by atoms with E-state index in [0.717, 1.165) is 11.1 Å². The zero-order valence-corrected chi connectivity index (χ0v) is 12.8. The van der Waals surface area contributed by atoms with Gasteiger partial charge in [0.15, 0.2) is 0 Å². The molecular weight excluding hydrogens is 288 g/mol. The first-order chi connectivity index (χ1) is 10.0. The lowest BCUT2D eigenvalue weighted by molar-refractivity contribution is 0.553. The van der Waals surface area contributed by atoms with Crippen LogP contribution in [0.25, 0.3) is 0 Å². The molecule has 114 valence electrons. The Balaban J connectivity index is 1.95. The molecule has 0 radical (unpaired) electrons. The van der Waals surface area contributed by atoms with Gasteiger partial charge < -0.3 is 5.73 Å². The number of nitrogens with two attached hydrogens (primary N) is 1. The van der Waals surface area contributed by atoms with Gasteiger partial charge in [-0.15, -0.1) is 0 Å². The van der Waals surface area contributed by atoms with Crippen molar-refractivity contribution in [2.45, 2.75) is 31.3 Å². The molecule has 0 aliphatic heterocycles. The second kappa shape index (κ2) is 6.84. The first-order valence-electron chi connectivity index (χ1n) is 6.79. The van der Waals surface area contributed by atoms with Crippen LogP contribution >= 0.6 is 0 Å². The number of aryl methyl sites for hydroxylation is 2. The standard InChI is InChI=1S/C14H20N4O2S/c1-12-4-5-14(10-13(12)11-15)21(19,20)17-7-3-9-18-8-2-6-16-18/h2,4-6,8,10,17H,3,7,9,11,15H2,1H3. The van der Waals surface area contributed by atoms with Crippen LogP contribution in [0.15, 0.2) is 41.6 Å². The van der Waals surface area contributed by atoms with Crippen molar-refractivity contribution >= 4 is 10.0 Å². The van der Waals surface area contributed by atoms with E-state index in [1.54, 1.807) is 29.1 Å². The third-order valence-corrected chi connectivity index (χ3v) is 4.72. The minimum Gasteiger partial charge on any atom is -0.326 e. The Bertz CT molecular complexity index is 681. The largest absolute Gasteiger partial charge is 0.326 e. The number of hydrogen-bond acceptors (Lipinski definition) is 4. The Morgan fingerprint density at radius 3 is 2.86 bits per heavy atom. The van der Waals surface area contributed by atoms with E-state index in [1.165, 1.54) is 0 Å². The molecule has 0 amide bonds. The molecule has 7 heteroatoms. The average molecular weight is 308 g/mol. The van der Waals surface area contributed by atoms with Crippen LogP contribution in [0, 0.1) is 6.92 Å². The second-order valence-corrected chi connectivity index (χ2v) is 6.58. The molecule has 0 aliphatic carbocycles. The number of hydrogen-bond donors (Lipinski definition) is 2. The second-order valence-electron chi connectivity index (χ2n) is 4.81. The van der Waals surface area contributed by atoms with Gasteiger partial charge in [-0.05, 0) is 42.7 Å². The number of nitrogens with zero attached hydrogens (tertiary/aromatic N) is 2. The molecule has 1 heterocycles. The van der Waals surface area contributed by atoms with Gasteiger partial charge in [0.2, 0.25) is 10.0 Å². The molecule has 0 bridgehead atoms. The van der Waals surface area contributed by atoms with Gasteiger partial charge in [0, 0.05) is 32.0 Å². The molecular formula is C14H20N4O2S. The van der Waals surface area contributed by atoms with Crippen molar-refractivity contribution in [3.8, 4) is 0 Å². The smallest absolute Gasteiger partial charge is 0.240 e. The van der Waals surface area contributed by atoms with E-state index in [0.29, 0.717) is 26.1 Å². The number of aromatic nitrogens is 2. The van der Waals surface area contributed by atoms with Gasteiger partial charge in [0.1, 0.15) is 0 Å². The quantitative estimate of drug-likeness (QED) is 0.747. The summed E-state index contributed by atoms with van der Waals surface area (Å²) in [5.74, 6) is 0. The van der Waals surface area contributed by atoms with Crippen molar-refractivity contribution in [3.63, 3.8) is 0 Å². The fourth-order valence-electron chi connectivity index (χ4n) is 2.00. The summed E-state index contributed by atoms with van der Waals surface area (Å²) < 4.78 is 28.8. The maximum atomic E-state index is 12.2. The first-order valence-corrected chi connectivity index (χ1v) is 8.28. The van der Waals surface area contributed by atoms with E-state index in [4.69, 9.17) is 5.73 Å². The van der Waals surface area contributed by atoms with Crippen LogP contribution in [-0.4, -0.2) is 24.7 Å². The molecule has 2 rings (SSSR count). The topological polar surface area (TPSA) is 90.0 Å². The molecule has 3 N–H and O–H groups in total. The maximum Gasteiger partial charge on any atom is 0.240 e. The zero-order chi connectivity index (χ0) is 15.3. The highest BCUT2D eigenvalue weighted by Crippen LogP contribution is 2.15. The summed E-state index contributed by atoms with van der Waals surface area (Å²) in [7, 11) is -3.49. The minimum atomic E-state index is -3.49. The van der Waals surface area contributed by atoms with Crippen LogP contribution in [0.1, 0.15) is 17.5 Å². The lowest BCUT2D eigenvalue weighted by Crippen LogP contribution is -2.26. The van der Waals surface area contributed by atoms with Gasteiger partial charge in [-0.25, -0.2) is 13.1 Å². The third kappa shape index (κ3) is 4.13. The molecule has 0 saturated heterocycles. The SMILES string of the molecule is Cc1ccc(S(=O)(=O)NCCCn2cccn2)cc1CN. The molecule has 1 aromatic heterocycles. The Hall–Kier alpha value is -1.70. The summed E-state index contributed by atoms with van der Waals surface area (Å²) in [5, 5.41) is 4.07. The number of rotatable bonds is 7. The molecule has 0 saturated carbocycles. The Labute approximate surface area is 125 Å². The normalized spacial score (nSPS) is 11.7. The van der Waals surface area contributed by atoms with E-state index in [1.807, 2.05) is 19.2 Å². The summed E-state index contributed by atoms with van der Waals surface area (Å²) in [5.41, 5.74) is 7.45. The highest BCUT2D eigenvalue weighted by atomic mass is 32.2. The minimum absolute atomic E-state index is 0.257. The molecule has 0 aliphatic rings. The van der Waals surface area contributed by atoms with Crippen LogP contribution < -0.4 is 10.5 Å². The van der Waals surface area contributed by atoms with Gasteiger partial charge in [-0.1, -0.05) is 6.07 Å². The predicted molar refractivity (Wildman–Crippen MR) is 81.1 cm³/mol. The molecule has 1 aromatic carbocycles. The Morgan fingerprint density at radius 2 is 2.19 bits per heavy atom. The van der Waals surface area contributed by atoms with Gasteiger partial charge in [0.05, 0.1) is 4.90 Å². The van der Waals surface area contributed by atoms with E-state index < -0.39 is 10.0 Å². The number of sulfonamides is 1. The fraction of sp³-hybridized carbons (Fsp3) is 0.357. The summed E-state index contributed by atoms with van der Waals surface area (Å²) in [4.78, 5) is 0.257. The van der Waals surface area contributed by atoms with E-state index in [2.05, 4.69) is 9.82 Å². The molecule has 0 atom stereocenters. The highest BCUT2D eigenvalue weighted by Gasteiger charge is 2.14. The van der Waals surface area contributed by atoms with Gasteiger partial charge in [-0.3, -0.25) is 4.68 Å². The fourth-order valence-corrected chi connectivity index (χ4v) is 3.12. The third-order valence-electron chi connectivity index (χ3n) is 3.27. The van der Waals surface area contributed by atoms with Gasteiger partial charge >= 0.3 is 0 Å². The average Bonchev–Trinajstić information content (AvgIpc) is 2.97. The van der Waals surface area contributed by atoms with Crippen LogP contribution in [0.4, 0.5) is 0 Å². The van der Waals surface area contributed by atoms with E-state index in [9.17, 15) is 8.42 Å². The molecule has 6 nitrogen and oxygen atoms in total. The summed E-state index contributed by atoms with van der Waals surface area (Å²) in [6.07, 6.45) is 4.23. The summed E-state index contributed by atoms with van der Waals surface area (Å²) in [6.45, 7) is 3.29. The lowest BCUT2D eigenvalue weighted by atomic mass is 10.1. The van der Waals surface area contributed by atoms with Crippen molar-refractivity contribution < 1.29 is 8.42 Å². The predicted octanol–water partition coefficient (Wildman–Crippen LogP) is 1.02. The van der Waals surface area contributed by atoms with Gasteiger partial charge in [-0.2, -0.15) is 5.10 Å². The first kappa shape index (κ1) is 15.7. The molecule has 0 unspecified atom stereocenters. The van der Waals surface area contributed by atoms with Gasteiger partial charge in [0.25, 0.3) is 0 Å². The van der Waals surface area contributed by atoms with Crippen LogP contribution in [0.3, 0.4) is 0 Å². The van der Waals surface area contributed by atoms with Crippen molar-refractivity contribution in [2.24, 2.45) is 5.73 Å². The zero-order valence-electron chi connectivity index (χ0n) is 12.0. The number of benzene rings is 1. The molecule has 2 aromatic rings. The van der Waals surface area contributed by atoms with Crippen molar-refractivity contribution in [1.29, 1.82) is 0 Å². The maximum absolute atomic E-state index is 12.2. The monoisotopic (exact) mass is 308 g/mol. The molecule has 0 spiro atoms. The molecule has 21 heavy (non-hydrogen) atoms. The lowest BCUT2D eigenvalue weighted by Gasteiger charge is -2.09. The summed E-state index contributed by atoms with van der Waals surface area (Å²) >= 11 is 0. The van der Waals surface area contributed by atoms with Crippen LogP contribution in [-0.2, 0) is 23.1 Å². The van der Waals surface area contributed by atoms with Crippen molar-refractivity contribution in [3.05, 3.63) is 47.8 Å². The Kier molecular flexibility index (Phi) is 5.11. The van der Waals surface area contributed by atoms with E-state index in [-0.39, 0.29) is 4.90 Å². The molecule has 0 fully saturated rings. The van der Waals surface area contributed by atoms with Crippen molar-refractivity contribution in [1.82, 2.24) is 14.5 Å². The van der Waals surface area contributed by atoms with Crippen molar-refractivity contribution in [2.75, 3.05) is 6.54 Å². The Morgan fingerprint density at radius 1 is 1.38 bits per heavy atom. The highest BCUT2D eigenvalue weighted by molar-refractivity contribution is 7.89. The van der Waals surface area contributed by atoms with E-state index >= 15 is 0 Å². The van der Waals surface area contributed by atoms with Crippen LogP contribution in [0.5, 0.6) is 0 Å². The summed E-state index contributed by atoms with van der Waals surface area (Å²) in [6, 6.07) is 6.85. The number of nitrogens with one attached hydrogen (secondary N) is 1. The van der Waals surface area contributed by atoms with Crippen LogP contribution in [0.2, 0.25) is 0 Å².